The van der Waals surface area contributed by atoms with Crippen LogP contribution in [0, 0.1) is 0 Å². The summed E-state index contributed by atoms with van der Waals surface area (Å²) in [5.74, 6) is -0.882. The number of allylic oxidation sites excluding steroid dienone is 2. The van der Waals surface area contributed by atoms with Crippen molar-refractivity contribution in [1.82, 2.24) is 4.90 Å². The fraction of sp³-hybridized carbons (Fsp3) is 0.273. The molecule has 0 amide bonds. The van der Waals surface area contributed by atoms with Crippen molar-refractivity contribution in [1.29, 1.82) is 0 Å². The van der Waals surface area contributed by atoms with E-state index in [1.54, 1.807) is 45.0 Å². The topological polar surface area (TPSA) is 55.8 Å². The van der Waals surface area contributed by atoms with Crippen LogP contribution >= 0.6 is 0 Å². The van der Waals surface area contributed by atoms with E-state index in [-0.39, 0.29) is 13.2 Å². The molecular weight excluding hydrogens is 342 g/mol. The number of fused-ring (bicyclic) bond motifs is 1. The number of nitrogens with zero attached hydrogens (tertiary/aromatic N) is 1. The van der Waals surface area contributed by atoms with Crippen molar-refractivity contribution >= 4 is 28.3 Å². The summed E-state index contributed by atoms with van der Waals surface area (Å²) in [6.45, 7) is 4.06. The first-order valence-electron chi connectivity index (χ1n) is 8.91. The monoisotopic (exact) mass is 367 g/mol. The average Bonchev–Trinajstić information content (AvgIpc) is 2.65. The molecule has 2 aromatic carbocycles. The summed E-state index contributed by atoms with van der Waals surface area (Å²) in [5.41, 5.74) is 1.49. The Morgan fingerprint density at radius 3 is 2.19 bits per heavy atom. The first-order valence-corrected chi connectivity index (χ1v) is 8.91. The molecule has 0 saturated heterocycles. The van der Waals surface area contributed by atoms with Gasteiger partial charge in [0.15, 0.2) is 0 Å². The molecule has 0 aliphatic rings. The SMILES string of the molecule is CCOC(=O)/C(=C/C=C(/C(=O)OCC)c1cccc2ccccc12)N(C)C. The van der Waals surface area contributed by atoms with Gasteiger partial charge in [0.2, 0.25) is 0 Å². The Morgan fingerprint density at radius 2 is 1.52 bits per heavy atom. The molecule has 0 aliphatic carbocycles. The number of esters is 2. The van der Waals surface area contributed by atoms with Crippen LogP contribution in [0.2, 0.25) is 0 Å². The van der Waals surface area contributed by atoms with Crippen LogP contribution < -0.4 is 0 Å². The van der Waals surface area contributed by atoms with Crippen molar-refractivity contribution in [2.24, 2.45) is 0 Å². The number of hydrogen-bond acceptors (Lipinski definition) is 5. The molecular formula is C22H25NO4. The number of hydrogen-bond donors (Lipinski definition) is 0. The predicted octanol–water partition coefficient (Wildman–Crippen LogP) is 3.79. The quantitative estimate of drug-likeness (QED) is 0.423. The molecule has 5 heteroatoms. The molecule has 0 radical (unpaired) electrons. The minimum atomic E-state index is -0.445. The van der Waals surface area contributed by atoms with Gasteiger partial charge in [0.05, 0.1) is 18.8 Å². The van der Waals surface area contributed by atoms with Crippen molar-refractivity contribution in [3.63, 3.8) is 0 Å². The molecule has 5 nitrogen and oxygen atoms in total. The van der Waals surface area contributed by atoms with Crippen LogP contribution in [0.15, 0.2) is 60.3 Å². The number of carbonyl (C=O) groups is 2. The lowest BCUT2D eigenvalue weighted by molar-refractivity contribution is -0.140. The minimum absolute atomic E-state index is 0.267. The second kappa shape index (κ2) is 9.57. The Balaban J connectivity index is 2.60. The fourth-order valence-corrected chi connectivity index (χ4v) is 2.70. The molecule has 0 fully saturated rings. The number of carbonyl (C=O) groups excluding carboxylic acids is 2. The predicted molar refractivity (Wildman–Crippen MR) is 107 cm³/mol. The van der Waals surface area contributed by atoms with Crippen LogP contribution in [0.1, 0.15) is 19.4 Å². The van der Waals surface area contributed by atoms with Gasteiger partial charge in [-0.3, -0.25) is 0 Å². The number of ether oxygens (including phenoxy) is 2. The molecule has 2 rings (SSSR count). The van der Waals surface area contributed by atoms with Crippen LogP contribution in [0.5, 0.6) is 0 Å². The van der Waals surface area contributed by atoms with E-state index in [9.17, 15) is 9.59 Å². The van der Waals surface area contributed by atoms with Crippen molar-refractivity contribution in [2.75, 3.05) is 27.3 Å². The van der Waals surface area contributed by atoms with Gasteiger partial charge in [0.25, 0.3) is 0 Å². The maximum atomic E-state index is 12.6. The van der Waals surface area contributed by atoms with Gasteiger partial charge in [-0.25, -0.2) is 9.59 Å². The van der Waals surface area contributed by atoms with Gasteiger partial charge < -0.3 is 14.4 Å². The highest BCUT2D eigenvalue weighted by molar-refractivity contribution is 6.20. The average molecular weight is 367 g/mol. The number of likely N-dealkylation sites (N-methyl/N-ethyl adjacent to an activating group) is 1. The Morgan fingerprint density at radius 1 is 0.889 bits per heavy atom. The van der Waals surface area contributed by atoms with Crippen molar-refractivity contribution in [2.45, 2.75) is 13.8 Å². The third-order valence-corrected chi connectivity index (χ3v) is 3.95. The highest BCUT2D eigenvalue weighted by atomic mass is 16.5. The molecule has 0 aromatic heterocycles. The van der Waals surface area contributed by atoms with E-state index in [1.807, 2.05) is 42.5 Å². The smallest absolute Gasteiger partial charge is 0.354 e. The molecule has 0 heterocycles. The summed E-state index contributed by atoms with van der Waals surface area (Å²) in [7, 11) is 3.50. The summed E-state index contributed by atoms with van der Waals surface area (Å²) >= 11 is 0. The van der Waals surface area contributed by atoms with E-state index in [4.69, 9.17) is 9.47 Å². The molecule has 142 valence electrons. The molecule has 27 heavy (non-hydrogen) atoms. The van der Waals surface area contributed by atoms with Gasteiger partial charge >= 0.3 is 11.9 Å². The Bertz CT molecular complexity index is 876. The van der Waals surface area contributed by atoms with Gasteiger partial charge in [0.1, 0.15) is 5.70 Å². The third-order valence-electron chi connectivity index (χ3n) is 3.95. The van der Waals surface area contributed by atoms with Crippen LogP contribution in [0.25, 0.3) is 16.3 Å². The highest BCUT2D eigenvalue weighted by Gasteiger charge is 2.17. The summed E-state index contributed by atoms with van der Waals surface area (Å²) in [6.07, 6.45) is 3.21. The van der Waals surface area contributed by atoms with E-state index in [1.165, 1.54) is 0 Å². The molecule has 0 unspecified atom stereocenters. The number of benzene rings is 2. The maximum absolute atomic E-state index is 12.6. The first kappa shape index (κ1) is 20.2. The molecule has 0 bridgehead atoms. The fourth-order valence-electron chi connectivity index (χ4n) is 2.70. The van der Waals surface area contributed by atoms with E-state index >= 15 is 0 Å². The Kier molecular flexibility index (Phi) is 7.17. The van der Waals surface area contributed by atoms with E-state index < -0.39 is 11.9 Å². The minimum Gasteiger partial charge on any atom is -0.462 e. The van der Waals surface area contributed by atoms with Gasteiger partial charge in [-0.05, 0) is 42.3 Å². The lowest BCUT2D eigenvalue weighted by Gasteiger charge is -2.15. The highest BCUT2D eigenvalue weighted by Crippen LogP contribution is 2.26. The van der Waals surface area contributed by atoms with E-state index in [0.29, 0.717) is 11.3 Å². The van der Waals surface area contributed by atoms with Gasteiger partial charge in [-0.15, -0.1) is 0 Å². The zero-order chi connectivity index (χ0) is 19.8. The van der Waals surface area contributed by atoms with Gasteiger partial charge in [-0.2, -0.15) is 0 Å². The van der Waals surface area contributed by atoms with Crippen LogP contribution in [-0.4, -0.2) is 44.1 Å². The molecule has 0 spiro atoms. The zero-order valence-electron chi connectivity index (χ0n) is 16.2. The molecule has 0 atom stereocenters. The standard InChI is InChI=1S/C22H25NO4/c1-5-26-21(24)19(14-15-20(23(3)4)22(25)27-6-2)18-13-9-11-16-10-7-8-12-17(16)18/h7-15H,5-6H2,1-4H3/b19-14+,20-15-. The Labute approximate surface area is 159 Å². The molecule has 2 aromatic rings. The van der Waals surface area contributed by atoms with Crippen LogP contribution in [0.3, 0.4) is 0 Å². The molecule has 0 aliphatic heterocycles. The molecule has 0 N–H and O–H groups in total. The second-order valence-electron chi connectivity index (χ2n) is 5.99. The van der Waals surface area contributed by atoms with Crippen LogP contribution in [-0.2, 0) is 19.1 Å². The van der Waals surface area contributed by atoms with Gasteiger partial charge in [0, 0.05) is 14.1 Å². The summed E-state index contributed by atoms with van der Waals surface area (Å²) in [4.78, 5) is 26.4. The summed E-state index contributed by atoms with van der Waals surface area (Å²) in [6, 6.07) is 13.6. The maximum Gasteiger partial charge on any atom is 0.354 e. The normalized spacial score (nSPS) is 12.0. The summed E-state index contributed by atoms with van der Waals surface area (Å²) < 4.78 is 10.3. The third kappa shape index (κ3) is 4.97. The van der Waals surface area contributed by atoms with E-state index in [0.717, 1.165) is 16.3 Å². The Hall–Kier alpha value is -3.08. The van der Waals surface area contributed by atoms with Gasteiger partial charge in [-0.1, -0.05) is 42.5 Å². The molecule has 0 saturated carbocycles. The lowest BCUT2D eigenvalue weighted by atomic mass is 9.97. The lowest BCUT2D eigenvalue weighted by Crippen LogP contribution is -2.21. The summed E-state index contributed by atoms with van der Waals surface area (Å²) in [5, 5.41) is 1.96. The van der Waals surface area contributed by atoms with Crippen molar-refractivity contribution in [3.05, 3.63) is 65.9 Å². The van der Waals surface area contributed by atoms with E-state index in [2.05, 4.69) is 0 Å². The zero-order valence-corrected chi connectivity index (χ0v) is 16.2. The first-order chi connectivity index (χ1) is 13.0. The largest absolute Gasteiger partial charge is 0.462 e. The number of rotatable bonds is 7. The van der Waals surface area contributed by atoms with Crippen molar-refractivity contribution in [3.8, 4) is 0 Å². The van der Waals surface area contributed by atoms with Crippen molar-refractivity contribution < 1.29 is 19.1 Å². The second-order valence-corrected chi connectivity index (χ2v) is 5.99. The van der Waals surface area contributed by atoms with Crippen LogP contribution in [0.4, 0.5) is 0 Å².